The zero-order valence-electron chi connectivity index (χ0n) is 5.94. The Balaban J connectivity index is 2.55. The summed E-state index contributed by atoms with van der Waals surface area (Å²) in [6.07, 6.45) is 4.41. The molecule has 0 atom stereocenters. The van der Waals surface area contributed by atoms with Gasteiger partial charge in [0.2, 0.25) is 12.2 Å². The van der Waals surface area contributed by atoms with E-state index in [2.05, 4.69) is 19.6 Å². The number of aromatic nitrogens is 3. The summed E-state index contributed by atoms with van der Waals surface area (Å²) in [5.41, 5.74) is 0.723. The molecule has 60 valence electrons. The number of rotatable bonds is 1. The molecule has 5 heteroatoms. The van der Waals surface area contributed by atoms with Gasteiger partial charge in [0.1, 0.15) is 0 Å². The van der Waals surface area contributed by atoms with Crippen molar-refractivity contribution in [3.05, 3.63) is 29.9 Å². The maximum Gasteiger partial charge on any atom is 0.214 e. The molecule has 0 spiro atoms. The van der Waals surface area contributed by atoms with Gasteiger partial charge in [-0.1, -0.05) is 16.8 Å². The van der Waals surface area contributed by atoms with E-state index in [0.717, 1.165) is 5.56 Å². The third-order valence-corrected chi connectivity index (χ3v) is 1.68. The van der Waals surface area contributed by atoms with Gasteiger partial charge in [0.25, 0.3) is 0 Å². The molecule has 0 fully saturated rings. The van der Waals surface area contributed by atoms with Crippen LogP contribution in [0.2, 0.25) is 5.02 Å². The minimum atomic E-state index is 0.474. The van der Waals surface area contributed by atoms with E-state index in [1.165, 1.54) is 12.6 Å². The molecule has 0 aliphatic carbocycles. The monoisotopic (exact) mass is 181 g/mol. The number of pyridine rings is 1. The molecule has 0 aliphatic heterocycles. The highest BCUT2D eigenvalue weighted by Gasteiger charge is 2.06. The van der Waals surface area contributed by atoms with Crippen molar-refractivity contribution in [3.8, 4) is 11.4 Å². The van der Waals surface area contributed by atoms with Crippen LogP contribution < -0.4 is 0 Å². The Morgan fingerprint density at radius 3 is 3.00 bits per heavy atom. The lowest BCUT2D eigenvalue weighted by atomic mass is 10.2. The SMILES string of the molecule is Clc1cnccc1-c1ncon1. The molecule has 0 bridgehead atoms. The van der Waals surface area contributed by atoms with Crippen LogP contribution in [0.5, 0.6) is 0 Å². The predicted molar refractivity (Wildman–Crippen MR) is 42.5 cm³/mol. The molecule has 2 aromatic heterocycles. The van der Waals surface area contributed by atoms with Crippen molar-refractivity contribution in [2.75, 3.05) is 0 Å². The zero-order valence-corrected chi connectivity index (χ0v) is 6.69. The second-order valence-electron chi connectivity index (χ2n) is 2.11. The third-order valence-electron chi connectivity index (χ3n) is 1.37. The molecule has 2 aromatic rings. The van der Waals surface area contributed by atoms with Gasteiger partial charge in [0, 0.05) is 18.0 Å². The van der Waals surface area contributed by atoms with Gasteiger partial charge < -0.3 is 4.52 Å². The smallest absolute Gasteiger partial charge is 0.214 e. The number of nitrogens with zero attached hydrogens (tertiary/aromatic N) is 3. The van der Waals surface area contributed by atoms with Gasteiger partial charge in [-0.2, -0.15) is 4.98 Å². The summed E-state index contributed by atoms with van der Waals surface area (Å²) in [5.74, 6) is 0.474. The van der Waals surface area contributed by atoms with Gasteiger partial charge in [0.05, 0.1) is 5.02 Å². The molecule has 0 unspecified atom stereocenters. The molecule has 12 heavy (non-hydrogen) atoms. The van der Waals surface area contributed by atoms with E-state index in [1.807, 2.05) is 0 Å². The molecule has 0 aromatic carbocycles. The van der Waals surface area contributed by atoms with Crippen molar-refractivity contribution in [2.24, 2.45) is 0 Å². The maximum atomic E-state index is 5.83. The molecule has 2 rings (SSSR count). The molecule has 0 saturated heterocycles. The van der Waals surface area contributed by atoms with Gasteiger partial charge >= 0.3 is 0 Å². The minimum Gasteiger partial charge on any atom is -0.342 e. The Labute approximate surface area is 73.2 Å². The number of hydrogen-bond donors (Lipinski definition) is 0. The molecule has 0 amide bonds. The summed E-state index contributed by atoms with van der Waals surface area (Å²) in [4.78, 5) is 7.69. The van der Waals surface area contributed by atoms with Crippen molar-refractivity contribution in [1.82, 2.24) is 15.1 Å². The zero-order chi connectivity index (χ0) is 8.39. The standard InChI is InChI=1S/C7H4ClN3O/c8-6-3-9-2-1-5(6)7-10-4-12-11-7/h1-4H. The van der Waals surface area contributed by atoms with Crippen molar-refractivity contribution < 1.29 is 4.52 Å². The lowest BCUT2D eigenvalue weighted by Crippen LogP contribution is -1.82. The van der Waals surface area contributed by atoms with Crippen molar-refractivity contribution >= 4 is 11.6 Å². The van der Waals surface area contributed by atoms with E-state index in [9.17, 15) is 0 Å². The van der Waals surface area contributed by atoms with E-state index in [4.69, 9.17) is 11.6 Å². The van der Waals surface area contributed by atoms with Crippen molar-refractivity contribution in [3.63, 3.8) is 0 Å². The Bertz CT molecular complexity index is 374. The Kier molecular flexibility index (Phi) is 1.75. The topological polar surface area (TPSA) is 51.8 Å². The number of halogens is 1. The molecular weight excluding hydrogens is 178 g/mol. The van der Waals surface area contributed by atoms with Crippen LogP contribution in [0.4, 0.5) is 0 Å². The molecule has 2 heterocycles. The van der Waals surface area contributed by atoms with Crippen LogP contribution in [0.25, 0.3) is 11.4 Å². The molecule has 4 nitrogen and oxygen atoms in total. The van der Waals surface area contributed by atoms with Crippen molar-refractivity contribution in [2.45, 2.75) is 0 Å². The maximum absolute atomic E-state index is 5.83. The van der Waals surface area contributed by atoms with Gasteiger partial charge in [-0.15, -0.1) is 0 Å². The second-order valence-corrected chi connectivity index (χ2v) is 2.52. The van der Waals surface area contributed by atoms with Crippen molar-refractivity contribution in [1.29, 1.82) is 0 Å². The van der Waals surface area contributed by atoms with Crippen LogP contribution in [0.3, 0.4) is 0 Å². The number of hydrogen-bond acceptors (Lipinski definition) is 4. The molecule has 0 aliphatic rings. The predicted octanol–water partition coefficient (Wildman–Crippen LogP) is 1.78. The van der Waals surface area contributed by atoms with Crippen LogP contribution in [-0.4, -0.2) is 15.1 Å². The Morgan fingerprint density at radius 2 is 2.33 bits per heavy atom. The average molecular weight is 182 g/mol. The summed E-state index contributed by atoms with van der Waals surface area (Å²) >= 11 is 5.83. The van der Waals surface area contributed by atoms with Crippen LogP contribution >= 0.6 is 11.6 Å². The summed E-state index contributed by atoms with van der Waals surface area (Å²) in [6, 6.07) is 1.73. The Hall–Kier alpha value is -1.42. The highest BCUT2D eigenvalue weighted by molar-refractivity contribution is 6.33. The lowest BCUT2D eigenvalue weighted by Gasteiger charge is -1.94. The van der Waals surface area contributed by atoms with Crippen LogP contribution in [0, 0.1) is 0 Å². The quantitative estimate of drug-likeness (QED) is 0.673. The first-order chi connectivity index (χ1) is 5.88. The summed E-state index contributed by atoms with van der Waals surface area (Å²) in [6.45, 7) is 0. The van der Waals surface area contributed by atoms with Gasteiger partial charge in [-0.05, 0) is 6.07 Å². The highest BCUT2D eigenvalue weighted by Crippen LogP contribution is 2.22. The summed E-state index contributed by atoms with van der Waals surface area (Å²) < 4.78 is 4.58. The van der Waals surface area contributed by atoms with E-state index in [0.29, 0.717) is 10.8 Å². The van der Waals surface area contributed by atoms with E-state index >= 15 is 0 Å². The Morgan fingerprint density at radius 1 is 1.42 bits per heavy atom. The fraction of sp³-hybridized carbons (Fsp3) is 0. The fourth-order valence-electron chi connectivity index (χ4n) is 0.846. The summed E-state index contributed by atoms with van der Waals surface area (Å²) in [7, 11) is 0. The summed E-state index contributed by atoms with van der Waals surface area (Å²) in [5, 5.41) is 4.16. The normalized spacial score (nSPS) is 10.1. The first-order valence-corrected chi connectivity index (χ1v) is 3.62. The largest absolute Gasteiger partial charge is 0.342 e. The van der Waals surface area contributed by atoms with E-state index in [-0.39, 0.29) is 0 Å². The second kappa shape index (κ2) is 2.91. The molecule has 0 N–H and O–H groups in total. The average Bonchev–Trinajstić information content (AvgIpc) is 2.57. The van der Waals surface area contributed by atoms with E-state index < -0.39 is 0 Å². The minimum absolute atomic E-state index is 0.474. The first kappa shape index (κ1) is 7.24. The van der Waals surface area contributed by atoms with Gasteiger partial charge in [-0.3, -0.25) is 4.98 Å². The molecular formula is C7H4ClN3O. The van der Waals surface area contributed by atoms with Crippen LogP contribution in [-0.2, 0) is 0 Å². The first-order valence-electron chi connectivity index (χ1n) is 3.24. The van der Waals surface area contributed by atoms with E-state index in [1.54, 1.807) is 12.3 Å². The third kappa shape index (κ3) is 1.16. The molecule has 0 radical (unpaired) electrons. The van der Waals surface area contributed by atoms with Crippen LogP contribution in [0.15, 0.2) is 29.4 Å². The van der Waals surface area contributed by atoms with Gasteiger partial charge in [-0.25, -0.2) is 0 Å². The van der Waals surface area contributed by atoms with Gasteiger partial charge in [0.15, 0.2) is 0 Å². The highest BCUT2D eigenvalue weighted by atomic mass is 35.5. The lowest BCUT2D eigenvalue weighted by molar-refractivity contribution is 0.419. The fourth-order valence-corrected chi connectivity index (χ4v) is 1.05. The molecule has 0 saturated carbocycles. The van der Waals surface area contributed by atoms with Crippen LogP contribution in [0.1, 0.15) is 0 Å².